The summed E-state index contributed by atoms with van der Waals surface area (Å²) in [6.45, 7) is 2.17. The lowest BCUT2D eigenvalue weighted by Crippen LogP contribution is -1.75. The van der Waals surface area contributed by atoms with E-state index in [-0.39, 0.29) is 0 Å². The fourth-order valence-corrected chi connectivity index (χ4v) is 8.10. The topological polar surface area (TPSA) is 0 Å². The van der Waals surface area contributed by atoms with Gasteiger partial charge in [-0.15, -0.1) is 34.0 Å². The summed E-state index contributed by atoms with van der Waals surface area (Å²) in [7, 11) is 0. The molecule has 0 nitrogen and oxygen atoms in total. The van der Waals surface area contributed by atoms with Crippen LogP contribution in [0.25, 0.3) is 60.9 Å². The van der Waals surface area contributed by atoms with E-state index in [1.165, 1.54) is 66.4 Å². The highest BCUT2D eigenvalue weighted by Gasteiger charge is 2.14. The van der Waals surface area contributed by atoms with Gasteiger partial charge in [-0.2, -0.15) is 0 Å². The SMILES string of the molecule is Cc1ccc2cc3sc4c5cc(-c6cc7ccccc7s6)ccc5sc4c3cc2c1. The maximum absolute atomic E-state index is 2.40. The number of rotatable bonds is 1. The molecule has 7 rings (SSSR count). The number of fused-ring (bicyclic) bond motifs is 7. The molecule has 0 N–H and O–H groups in total. The van der Waals surface area contributed by atoms with Gasteiger partial charge >= 0.3 is 0 Å². The highest BCUT2D eigenvalue weighted by Crippen LogP contribution is 2.46. The van der Waals surface area contributed by atoms with Crippen molar-refractivity contribution in [2.24, 2.45) is 0 Å². The Morgan fingerprint density at radius 3 is 2.27 bits per heavy atom. The minimum Gasteiger partial charge on any atom is -0.135 e. The van der Waals surface area contributed by atoms with E-state index in [9.17, 15) is 0 Å². The average molecular weight is 437 g/mol. The second-order valence-electron chi connectivity index (χ2n) is 7.92. The first-order valence-electron chi connectivity index (χ1n) is 10.0. The van der Waals surface area contributed by atoms with Crippen molar-refractivity contribution >= 4 is 84.4 Å². The Kier molecular flexibility index (Phi) is 3.48. The van der Waals surface area contributed by atoms with Crippen LogP contribution < -0.4 is 0 Å². The molecule has 0 radical (unpaired) electrons. The van der Waals surface area contributed by atoms with Crippen LogP contribution in [0.4, 0.5) is 0 Å². The van der Waals surface area contributed by atoms with Gasteiger partial charge in [-0.25, -0.2) is 0 Å². The summed E-state index contributed by atoms with van der Waals surface area (Å²) in [6.07, 6.45) is 0. The molecule has 0 bridgehead atoms. The first-order chi connectivity index (χ1) is 14.7. The van der Waals surface area contributed by atoms with Gasteiger partial charge in [0.25, 0.3) is 0 Å². The van der Waals surface area contributed by atoms with Crippen molar-refractivity contribution in [3.8, 4) is 10.4 Å². The lowest BCUT2D eigenvalue weighted by atomic mass is 10.1. The quantitative estimate of drug-likeness (QED) is 0.240. The van der Waals surface area contributed by atoms with Crippen molar-refractivity contribution in [2.75, 3.05) is 0 Å². The summed E-state index contributed by atoms with van der Waals surface area (Å²) < 4.78 is 6.99. The van der Waals surface area contributed by atoms with Crippen LogP contribution in [0.2, 0.25) is 0 Å². The molecule has 0 aliphatic carbocycles. The van der Waals surface area contributed by atoms with Gasteiger partial charge < -0.3 is 0 Å². The number of aryl methyl sites for hydroxylation is 1. The minimum atomic E-state index is 1.32. The first-order valence-corrected chi connectivity index (χ1v) is 12.5. The highest BCUT2D eigenvalue weighted by atomic mass is 32.1. The van der Waals surface area contributed by atoms with E-state index in [0.29, 0.717) is 0 Å². The Morgan fingerprint density at radius 2 is 1.37 bits per heavy atom. The number of hydrogen-bond donors (Lipinski definition) is 0. The predicted molar refractivity (Wildman–Crippen MR) is 138 cm³/mol. The lowest BCUT2D eigenvalue weighted by Gasteiger charge is -2.00. The molecule has 0 fully saturated rings. The Balaban J connectivity index is 1.49. The molecule has 3 heteroatoms. The van der Waals surface area contributed by atoms with Crippen molar-refractivity contribution in [3.63, 3.8) is 0 Å². The predicted octanol–water partition coefficient (Wildman–Crippen LogP) is 9.61. The van der Waals surface area contributed by atoms with Crippen molar-refractivity contribution in [3.05, 3.63) is 84.4 Å². The van der Waals surface area contributed by atoms with Gasteiger partial charge in [0.15, 0.2) is 0 Å². The van der Waals surface area contributed by atoms with E-state index < -0.39 is 0 Å². The van der Waals surface area contributed by atoms with Gasteiger partial charge in [0.1, 0.15) is 0 Å². The Labute approximate surface area is 185 Å². The van der Waals surface area contributed by atoms with Crippen LogP contribution in [0, 0.1) is 6.92 Å². The summed E-state index contributed by atoms with van der Waals surface area (Å²) >= 11 is 5.75. The van der Waals surface area contributed by atoms with Crippen molar-refractivity contribution in [2.45, 2.75) is 6.92 Å². The first kappa shape index (κ1) is 17.0. The van der Waals surface area contributed by atoms with Gasteiger partial charge in [-0.05, 0) is 65.0 Å². The molecule has 30 heavy (non-hydrogen) atoms. The minimum absolute atomic E-state index is 1.32. The second-order valence-corrected chi connectivity index (χ2v) is 11.1. The third-order valence-electron chi connectivity index (χ3n) is 5.90. The van der Waals surface area contributed by atoms with Gasteiger partial charge in [0, 0.05) is 29.7 Å². The van der Waals surface area contributed by atoms with Crippen LogP contribution in [0.3, 0.4) is 0 Å². The fourth-order valence-electron chi connectivity index (χ4n) is 4.40. The summed E-state index contributed by atoms with van der Waals surface area (Å²) in [5.74, 6) is 0. The second kappa shape index (κ2) is 6.14. The smallest absolute Gasteiger partial charge is 0.0542 e. The van der Waals surface area contributed by atoms with E-state index in [2.05, 4.69) is 85.8 Å². The lowest BCUT2D eigenvalue weighted by molar-refractivity contribution is 1.51. The van der Waals surface area contributed by atoms with Crippen LogP contribution in [-0.2, 0) is 0 Å². The molecule has 7 aromatic rings. The number of benzene rings is 4. The van der Waals surface area contributed by atoms with Gasteiger partial charge in [-0.1, -0.05) is 48.0 Å². The van der Waals surface area contributed by atoms with Crippen molar-refractivity contribution in [1.29, 1.82) is 0 Å². The van der Waals surface area contributed by atoms with Crippen molar-refractivity contribution in [1.82, 2.24) is 0 Å². The monoisotopic (exact) mass is 436 g/mol. The Morgan fingerprint density at radius 1 is 0.533 bits per heavy atom. The maximum Gasteiger partial charge on any atom is 0.0542 e. The third kappa shape index (κ3) is 2.43. The number of thiophene rings is 3. The molecule has 0 unspecified atom stereocenters. The van der Waals surface area contributed by atoms with E-state index in [1.807, 2.05) is 34.0 Å². The van der Waals surface area contributed by atoms with Crippen molar-refractivity contribution < 1.29 is 0 Å². The van der Waals surface area contributed by atoms with Crippen LogP contribution in [-0.4, -0.2) is 0 Å². The normalized spacial score (nSPS) is 12.2. The molecule has 4 aromatic carbocycles. The fraction of sp³-hybridized carbons (Fsp3) is 0.0370. The van der Waals surface area contributed by atoms with Gasteiger partial charge in [-0.3, -0.25) is 0 Å². The zero-order valence-corrected chi connectivity index (χ0v) is 18.7. The van der Waals surface area contributed by atoms with E-state index in [4.69, 9.17) is 0 Å². The molecular formula is C27H16S3. The standard InChI is InChI=1S/C27H16S3/c1-15-6-7-16-13-25-21(12-19(16)10-15)27-26(30-25)20-11-18(8-9-23(20)29-27)24-14-17-4-2-3-5-22(17)28-24/h2-14H,1H3. The molecule has 0 atom stereocenters. The van der Waals surface area contributed by atoms with E-state index in [0.717, 1.165) is 0 Å². The molecule has 0 amide bonds. The highest BCUT2D eigenvalue weighted by molar-refractivity contribution is 7.36. The Hall–Kier alpha value is -2.72. The summed E-state index contributed by atoms with van der Waals surface area (Å²) in [5.41, 5.74) is 2.64. The van der Waals surface area contributed by atoms with Crippen LogP contribution in [0.15, 0.2) is 78.9 Å². The molecule has 0 aliphatic heterocycles. The van der Waals surface area contributed by atoms with Gasteiger partial charge in [0.05, 0.1) is 9.40 Å². The zero-order valence-electron chi connectivity index (χ0n) is 16.2. The Bertz CT molecular complexity index is 1720. The molecule has 0 saturated carbocycles. The molecule has 3 heterocycles. The molecule has 0 spiro atoms. The molecule has 0 aliphatic rings. The van der Waals surface area contributed by atoms with Gasteiger partial charge in [0.2, 0.25) is 0 Å². The summed E-state index contributed by atoms with van der Waals surface area (Å²) in [6, 6.07) is 29.5. The zero-order chi connectivity index (χ0) is 19.8. The molecule has 0 saturated heterocycles. The van der Waals surface area contributed by atoms with E-state index in [1.54, 1.807) is 0 Å². The van der Waals surface area contributed by atoms with Crippen LogP contribution >= 0.6 is 34.0 Å². The molecule has 142 valence electrons. The summed E-state index contributed by atoms with van der Waals surface area (Å²) in [5, 5.41) is 6.80. The maximum atomic E-state index is 2.40. The summed E-state index contributed by atoms with van der Waals surface area (Å²) in [4.78, 5) is 1.35. The molecule has 3 aromatic heterocycles. The van der Waals surface area contributed by atoms with Crippen LogP contribution in [0.5, 0.6) is 0 Å². The van der Waals surface area contributed by atoms with E-state index >= 15 is 0 Å². The molecular weight excluding hydrogens is 420 g/mol. The van der Waals surface area contributed by atoms with Crippen LogP contribution in [0.1, 0.15) is 5.56 Å². The number of hydrogen-bond acceptors (Lipinski definition) is 3. The largest absolute Gasteiger partial charge is 0.135 e. The third-order valence-corrected chi connectivity index (χ3v) is 9.59. The average Bonchev–Trinajstić information content (AvgIpc) is 3.43.